The first-order valence-electron chi connectivity index (χ1n) is 4.82. The zero-order valence-corrected chi connectivity index (χ0v) is 9.71. The Morgan fingerprint density at radius 2 is 2.44 bits per heavy atom. The topological polar surface area (TPSA) is 125 Å². The van der Waals surface area contributed by atoms with Gasteiger partial charge in [0.1, 0.15) is 10.7 Å². The number of nitrogens with one attached hydrogen (secondary N) is 3. The van der Waals surface area contributed by atoms with Crippen molar-refractivity contribution in [2.45, 2.75) is 30.7 Å². The maximum atomic E-state index is 11.8. The highest BCUT2D eigenvalue weighted by atomic mass is 32.2. The summed E-state index contributed by atoms with van der Waals surface area (Å²) >= 11 is 0. The number of aromatic nitrogens is 2. The Hall–Kier alpha value is -1.41. The second-order valence-electron chi connectivity index (χ2n) is 3.35. The molecule has 1 rings (SSSR count). The summed E-state index contributed by atoms with van der Waals surface area (Å²) in [5.74, 6) is -0.186. The largest absolute Gasteiger partial charge is 0.386 e. The predicted molar refractivity (Wildman–Crippen MR) is 59.5 cm³/mol. The van der Waals surface area contributed by atoms with E-state index in [9.17, 15) is 8.42 Å². The smallest absolute Gasteiger partial charge is 0.244 e. The van der Waals surface area contributed by atoms with Crippen LogP contribution in [0.4, 0.5) is 0 Å². The lowest BCUT2D eigenvalue weighted by atomic mass is 10.2. The molecule has 0 aliphatic heterocycles. The maximum absolute atomic E-state index is 11.8. The molecule has 0 aliphatic carbocycles. The van der Waals surface area contributed by atoms with Crippen LogP contribution in [0.25, 0.3) is 0 Å². The van der Waals surface area contributed by atoms with Gasteiger partial charge in [0.15, 0.2) is 0 Å². The van der Waals surface area contributed by atoms with Crippen molar-refractivity contribution >= 4 is 15.9 Å². The molecule has 0 bridgehead atoms. The van der Waals surface area contributed by atoms with Gasteiger partial charge < -0.3 is 5.73 Å². The number of hydrogen-bond acceptors (Lipinski definition) is 4. The fourth-order valence-corrected chi connectivity index (χ4v) is 2.36. The molecule has 0 amide bonds. The quantitative estimate of drug-likeness (QED) is 0.409. The molecule has 0 aromatic carbocycles. The molecule has 1 unspecified atom stereocenters. The van der Waals surface area contributed by atoms with E-state index >= 15 is 0 Å². The van der Waals surface area contributed by atoms with Crippen molar-refractivity contribution < 1.29 is 8.42 Å². The van der Waals surface area contributed by atoms with Crippen LogP contribution in [-0.4, -0.2) is 30.5 Å². The Morgan fingerprint density at radius 3 is 2.88 bits per heavy atom. The van der Waals surface area contributed by atoms with E-state index in [1.54, 1.807) is 0 Å². The summed E-state index contributed by atoms with van der Waals surface area (Å²) in [5.41, 5.74) is 5.32. The number of nitrogens with zero attached hydrogens (tertiary/aromatic N) is 1. The SMILES string of the molecule is CCCC(NS(=O)(=O)c1cn[nH]c1)C(=N)N. The van der Waals surface area contributed by atoms with Gasteiger partial charge >= 0.3 is 0 Å². The van der Waals surface area contributed by atoms with E-state index in [-0.39, 0.29) is 10.7 Å². The summed E-state index contributed by atoms with van der Waals surface area (Å²) < 4.78 is 25.9. The predicted octanol–water partition coefficient (Wildman–Crippen LogP) is -0.207. The second kappa shape index (κ2) is 5.08. The fourth-order valence-electron chi connectivity index (χ4n) is 1.21. The third kappa shape index (κ3) is 3.04. The second-order valence-corrected chi connectivity index (χ2v) is 5.07. The molecule has 1 aromatic heterocycles. The normalized spacial score (nSPS) is 13.6. The van der Waals surface area contributed by atoms with Gasteiger partial charge in [-0.15, -0.1) is 0 Å². The van der Waals surface area contributed by atoms with Crippen molar-refractivity contribution in [1.29, 1.82) is 5.41 Å². The number of hydrogen-bond donors (Lipinski definition) is 4. The molecule has 7 nitrogen and oxygen atoms in total. The highest BCUT2D eigenvalue weighted by molar-refractivity contribution is 7.89. The average molecular weight is 245 g/mol. The van der Waals surface area contributed by atoms with Crippen LogP contribution >= 0.6 is 0 Å². The van der Waals surface area contributed by atoms with Gasteiger partial charge in [0.2, 0.25) is 10.0 Å². The molecule has 90 valence electrons. The molecule has 8 heteroatoms. The summed E-state index contributed by atoms with van der Waals surface area (Å²) in [7, 11) is -3.65. The van der Waals surface area contributed by atoms with Crippen LogP contribution in [0.15, 0.2) is 17.3 Å². The number of sulfonamides is 1. The minimum Gasteiger partial charge on any atom is -0.386 e. The zero-order chi connectivity index (χ0) is 12.2. The van der Waals surface area contributed by atoms with Crippen molar-refractivity contribution in [3.8, 4) is 0 Å². The molecule has 0 fully saturated rings. The van der Waals surface area contributed by atoms with E-state index in [1.807, 2.05) is 6.92 Å². The van der Waals surface area contributed by atoms with Crippen molar-refractivity contribution in [1.82, 2.24) is 14.9 Å². The number of nitrogens with two attached hydrogens (primary N) is 1. The molecule has 1 aromatic rings. The first-order valence-corrected chi connectivity index (χ1v) is 6.30. The molecule has 0 saturated heterocycles. The third-order valence-corrected chi connectivity index (χ3v) is 3.47. The third-order valence-electron chi connectivity index (χ3n) is 2.03. The van der Waals surface area contributed by atoms with E-state index in [1.165, 1.54) is 12.4 Å². The minimum atomic E-state index is -3.65. The summed E-state index contributed by atoms with van der Waals surface area (Å²) in [6.45, 7) is 1.89. The van der Waals surface area contributed by atoms with Crippen LogP contribution in [-0.2, 0) is 10.0 Å². The molecular formula is C8H15N5O2S. The average Bonchev–Trinajstić information content (AvgIpc) is 2.69. The highest BCUT2D eigenvalue weighted by Gasteiger charge is 2.22. The number of aromatic amines is 1. The van der Waals surface area contributed by atoms with Gasteiger partial charge in [0.25, 0.3) is 0 Å². The van der Waals surface area contributed by atoms with E-state index in [0.29, 0.717) is 6.42 Å². The van der Waals surface area contributed by atoms with E-state index in [2.05, 4.69) is 14.9 Å². The molecule has 1 atom stereocenters. The Balaban J connectivity index is 2.82. The summed E-state index contributed by atoms with van der Waals surface area (Å²) in [5, 5.41) is 13.3. The van der Waals surface area contributed by atoms with Crippen molar-refractivity contribution in [2.75, 3.05) is 0 Å². The minimum absolute atomic E-state index is 0.0369. The van der Waals surface area contributed by atoms with E-state index in [0.717, 1.165) is 6.42 Å². The molecule has 0 aliphatic rings. The highest BCUT2D eigenvalue weighted by Crippen LogP contribution is 2.07. The van der Waals surface area contributed by atoms with Gasteiger partial charge in [-0.3, -0.25) is 10.5 Å². The first kappa shape index (κ1) is 12.7. The molecule has 16 heavy (non-hydrogen) atoms. The van der Waals surface area contributed by atoms with Crippen molar-refractivity contribution in [3.63, 3.8) is 0 Å². The number of rotatable bonds is 6. The van der Waals surface area contributed by atoms with E-state index in [4.69, 9.17) is 11.1 Å². The maximum Gasteiger partial charge on any atom is 0.244 e. The van der Waals surface area contributed by atoms with Gasteiger partial charge in [-0.2, -0.15) is 5.10 Å². The Kier molecular flexibility index (Phi) is 4.02. The molecule has 0 spiro atoms. The Labute approximate surface area is 94.0 Å². The van der Waals surface area contributed by atoms with Crippen LogP contribution < -0.4 is 10.5 Å². The summed E-state index contributed by atoms with van der Waals surface area (Å²) in [4.78, 5) is 0.0369. The summed E-state index contributed by atoms with van der Waals surface area (Å²) in [6, 6.07) is -0.662. The standard InChI is InChI=1S/C8H15N5O2S/c1-2-3-7(8(9)10)13-16(14,15)6-4-11-12-5-6/h4-5,7,13H,2-3H2,1H3,(H3,9,10)(H,11,12). The number of amidine groups is 1. The van der Waals surface area contributed by atoms with Crippen LogP contribution in [0.5, 0.6) is 0 Å². The Bertz CT molecular complexity index is 439. The first-order chi connectivity index (χ1) is 7.47. The van der Waals surface area contributed by atoms with Gasteiger partial charge in [0, 0.05) is 6.20 Å². The number of H-pyrrole nitrogens is 1. The van der Waals surface area contributed by atoms with Crippen LogP contribution in [0.3, 0.4) is 0 Å². The summed E-state index contributed by atoms with van der Waals surface area (Å²) in [6.07, 6.45) is 3.70. The van der Waals surface area contributed by atoms with Gasteiger partial charge in [0.05, 0.1) is 12.2 Å². The zero-order valence-electron chi connectivity index (χ0n) is 8.90. The van der Waals surface area contributed by atoms with Crippen molar-refractivity contribution in [3.05, 3.63) is 12.4 Å². The molecule has 5 N–H and O–H groups in total. The van der Waals surface area contributed by atoms with Gasteiger partial charge in [-0.25, -0.2) is 13.1 Å². The lowest BCUT2D eigenvalue weighted by molar-refractivity contribution is 0.565. The lowest BCUT2D eigenvalue weighted by Crippen LogP contribution is -2.43. The van der Waals surface area contributed by atoms with Crippen molar-refractivity contribution in [2.24, 2.45) is 5.73 Å². The van der Waals surface area contributed by atoms with Crippen LogP contribution in [0.1, 0.15) is 19.8 Å². The molecular weight excluding hydrogens is 230 g/mol. The van der Waals surface area contributed by atoms with Gasteiger partial charge in [-0.05, 0) is 6.42 Å². The molecule has 0 saturated carbocycles. The molecule has 1 heterocycles. The Morgan fingerprint density at radius 1 is 1.75 bits per heavy atom. The molecule has 0 radical (unpaired) electrons. The fraction of sp³-hybridized carbons (Fsp3) is 0.500. The van der Waals surface area contributed by atoms with E-state index < -0.39 is 16.1 Å². The van der Waals surface area contributed by atoms with Gasteiger partial charge in [-0.1, -0.05) is 13.3 Å². The monoisotopic (exact) mass is 245 g/mol. The van der Waals surface area contributed by atoms with Crippen LogP contribution in [0, 0.1) is 5.41 Å². The van der Waals surface area contributed by atoms with Crippen LogP contribution in [0.2, 0.25) is 0 Å². The lowest BCUT2D eigenvalue weighted by Gasteiger charge is -2.15.